The van der Waals surface area contributed by atoms with Gasteiger partial charge in [-0.05, 0) is 54.9 Å². The van der Waals surface area contributed by atoms with Gasteiger partial charge in [0, 0.05) is 22.5 Å². The van der Waals surface area contributed by atoms with Crippen molar-refractivity contribution in [3.05, 3.63) is 34.9 Å². The summed E-state index contributed by atoms with van der Waals surface area (Å²) in [5, 5.41) is 12.5. The largest absolute Gasteiger partial charge is 0.283 e. The molecule has 3 fully saturated rings. The van der Waals surface area contributed by atoms with Crippen LogP contribution >= 0.6 is 11.6 Å². The minimum absolute atomic E-state index is 0.0489. The molecule has 4 nitrogen and oxygen atoms in total. The van der Waals surface area contributed by atoms with E-state index in [0.717, 1.165) is 19.4 Å². The van der Waals surface area contributed by atoms with E-state index in [1.807, 2.05) is 5.01 Å². The van der Waals surface area contributed by atoms with E-state index in [0.29, 0.717) is 16.5 Å². The molecule has 0 unspecified atom stereocenters. The number of nitrogens with one attached hydrogen (secondary N) is 1. The number of carbonyl (C=O) groups is 1. The van der Waals surface area contributed by atoms with Crippen molar-refractivity contribution in [2.75, 3.05) is 6.54 Å². The third-order valence-corrected chi connectivity index (χ3v) is 7.34. The van der Waals surface area contributed by atoms with Crippen molar-refractivity contribution in [2.45, 2.75) is 38.6 Å². The molecule has 1 aromatic carbocycles. The highest BCUT2D eigenvalue weighted by atomic mass is 35.5. The monoisotopic (exact) mass is 329 g/mol. The van der Waals surface area contributed by atoms with Crippen LogP contribution in [0.3, 0.4) is 0 Å². The Balaban J connectivity index is 1.63. The van der Waals surface area contributed by atoms with Crippen molar-refractivity contribution in [3.8, 4) is 6.07 Å². The van der Waals surface area contributed by atoms with E-state index in [1.165, 1.54) is 6.42 Å². The molecule has 4 atom stereocenters. The van der Waals surface area contributed by atoms with Gasteiger partial charge in [0.2, 0.25) is 0 Å². The van der Waals surface area contributed by atoms with Crippen molar-refractivity contribution in [2.24, 2.45) is 16.7 Å². The van der Waals surface area contributed by atoms with Gasteiger partial charge in [0.05, 0.1) is 6.07 Å². The number of nitrogens with zero attached hydrogens (tertiary/aromatic N) is 2. The minimum Gasteiger partial charge on any atom is -0.283 e. The van der Waals surface area contributed by atoms with Crippen LogP contribution in [0.25, 0.3) is 0 Å². The van der Waals surface area contributed by atoms with E-state index in [1.54, 1.807) is 24.3 Å². The smallest absolute Gasteiger partial charge is 0.265 e. The summed E-state index contributed by atoms with van der Waals surface area (Å²) < 4.78 is 0. The van der Waals surface area contributed by atoms with Gasteiger partial charge in [-0.3, -0.25) is 10.2 Å². The molecule has 1 aromatic rings. The van der Waals surface area contributed by atoms with E-state index < -0.39 is 5.54 Å². The second-order valence-electron chi connectivity index (χ2n) is 7.70. The summed E-state index contributed by atoms with van der Waals surface area (Å²) in [6.45, 7) is 5.27. The molecule has 2 saturated carbocycles. The van der Waals surface area contributed by atoms with E-state index in [4.69, 9.17) is 11.6 Å². The lowest BCUT2D eigenvalue weighted by atomic mass is 9.66. The molecule has 1 saturated heterocycles. The molecular formula is C18H20ClN3O. The molecule has 2 aliphatic carbocycles. The van der Waals surface area contributed by atoms with Crippen LogP contribution in [-0.2, 0) is 0 Å². The van der Waals surface area contributed by atoms with Gasteiger partial charge < -0.3 is 0 Å². The third kappa shape index (κ3) is 1.62. The Labute approximate surface area is 141 Å². The van der Waals surface area contributed by atoms with E-state index in [2.05, 4.69) is 25.3 Å². The lowest BCUT2D eigenvalue weighted by molar-refractivity contribution is 0.0240. The molecule has 0 radical (unpaired) electrons. The average Bonchev–Trinajstić information content (AvgIpc) is 2.96. The number of hydrogen-bond acceptors (Lipinski definition) is 3. The van der Waals surface area contributed by atoms with Crippen LogP contribution in [0.2, 0.25) is 5.02 Å². The molecule has 1 N–H and O–H groups in total. The highest BCUT2D eigenvalue weighted by Crippen LogP contribution is 2.75. The summed E-state index contributed by atoms with van der Waals surface area (Å²) in [6, 6.07) is 9.40. The van der Waals surface area contributed by atoms with Gasteiger partial charge in [0.15, 0.2) is 0 Å². The molecule has 5 heteroatoms. The standard InChI is InChI=1S/C18H20ClN3O/c1-16-11-22(21-15(23)12-3-5-14(19)6-4-12)18(10-20)9-13(16)7-8-17(16,18)2/h3-6,13H,7-9,11H2,1-2H3,(H,21,23)/t13-,16-,17-,18-/m0/s1. The Kier molecular flexibility index (Phi) is 2.93. The molecule has 0 aromatic heterocycles. The molecule has 4 bridgehead atoms. The van der Waals surface area contributed by atoms with Crippen molar-refractivity contribution in [3.63, 3.8) is 0 Å². The molecule has 3 aliphatic rings. The van der Waals surface area contributed by atoms with Crippen molar-refractivity contribution < 1.29 is 4.79 Å². The zero-order chi connectivity index (χ0) is 16.5. The number of nitriles is 1. The van der Waals surface area contributed by atoms with Gasteiger partial charge in [-0.2, -0.15) is 10.3 Å². The molecule has 1 heterocycles. The first-order valence-electron chi connectivity index (χ1n) is 8.12. The van der Waals surface area contributed by atoms with Gasteiger partial charge >= 0.3 is 0 Å². The second kappa shape index (κ2) is 4.49. The zero-order valence-corrected chi connectivity index (χ0v) is 14.2. The minimum atomic E-state index is -0.577. The lowest BCUT2D eigenvalue weighted by Gasteiger charge is -2.42. The number of carbonyl (C=O) groups excluding carboxylic acids is 1. The maximum Gasteiger partial charge on any atom is 0.265 e. The van der Waals surface area contributed by atoms with Crippen molar-refractivity contribution in [1.29, 1.82) is 5.26 Å². The maximum absolute atomic E-state index is 12.6. The first kappa shape index (κ1) is 15.0. The lowest BCUT2D eigenvalue weighted by Crippen LogP contribution is -2.59. The summed E-state index contributed by atoms with van der Waals surface area (Å²) in [7, 11) is 0. The normalized spacial score (nSPS) is 41.0. The van der Waals surface area contributed by atoms with Gasteiger partial charge in [-0.1, -0.05) is 25.4 Å². The molecule has 4 rings (SSSR count). The van der Waals surface area contributed by atoms with Crippen LogP contribution < -0.4 is 5.43 Å². The van der Waals surface area contributed by atoms with Gasteiger partial charge in [-0.15, -0.1) is 0 Å². The van der Waals surface area contributed by atoms with Crippen LogP contribution in [-0.4, -0.2) is 23.0 Å². The highest BCUT2D eigenvalue weighted by Gasteiger charge is 2.78. The quantitative estimate of drug-likeness (QED) is 0.904. The topological polar surface area (TPSA) is 56.1 Å². The molecular weight excluding hydrogens is 310 g/mol. The fourth-order valence-electron chi connectivity index (χ4n) is 5.43. The van der Waals surface area contributed by atoms with Crippen molar-refractivity contribution >= 4 is 17.5 Å². The van der Waals surface area contributed by atoms with Crippen LogP contribution in [0, 0.1) is 28.1 Å². The average molecular weight is 330 g/mol. The molecule has 120 valence electrons. The Morgan fingerprint density at radius 1 is 1.39 bits per heavy atom. The SMILES string of the molecule is C[C@@]12CC[C@H]3C[C@@]1(C#N)N(NC(=O)c1ccc(Cl)cc1)C[C@@]32C. The Bertz CT molecular complexity index is 727. The van der Waals surface area contributed by atoms with Crippen LogP contribution in [0.5, 0.6) is 0 Å². The molecule has 0 spiro atoms. The van der Waals surface area contributed by atoms with E-state index >= 15 is 0 Å². The summed E-state index contributed by atoms with van der Waals surface area (Å²) >= 11 is 5.88. The maximum atomic E-state index is 12.6. The van der Waals surface area contributed by atoms with E-state index in [9.17, 15) is 10.1 Å². The van der Waals surface area contributed by atoms with Crippen LogP contribution in [0.1, 0.15) is 43.5 Å². The summed E-state index contributed by atoms with van der Waals surface area (Å²) in [5.41, 5.74) is 3.04. The number of hydrogen-bond donors (Lipinski definition) is 1. The number of amides is 1. The number of piperidine rings is 1. The third-order valence-electron chi connectivity index (χ3n) is 7.08. The van der Waals surface area contributed by atoms with Crippen LogP contribution in [0.15, 0.2) is 24.3 Å². The van der Waals surface area contributed by atoms with Gasteiger partial charge in [-0.25, -0.2) is 0 Å². The van der Waals surface area contributed by atoms with Gasteiger partial charge in [0.25, 0.3) is 5.91 Å². The van der Waals surface area contributed by atoms with E-state index in [-0.39, 0.29) is 16.7 Å². The second-order valence-corrected chi connectivity index (χ2v) is 8.13. The Morgan fingerprint density at radius 3 is 2.70 bits per heavy atom. The molecule has 1 amide bonds. The summed E-state index contributed by atoms with van der Waals surface area (Å²) in [5.74, 6) is 0.419. The van der Waals surface area contributed by atoms with Crippen LogP contribution in [0.4, 0.5) is 0 Å². The number of benzene rings is 1. The Hall–Kier alpha value is -1.57. The molecule has 1 aliphatic heterocycles. The predicted octanol–water partition coefficient (Wildman–Crippen LogP) is 3.39. The predicted molar refractivity (Wildman–Crippen MR) is 87.5 cm³/mol. The zero-order valence-electron chi connectivity index (χ0n) is 13.4. The Morgan fingerprint density at radius 2 is 2.09 bits per heavy atom. The fraction of sp³-hybridized carbons (Fsp3) is 0.556. The molecule has 23 heavy (non-hydrogen) atoms. The highest BCUT2D eigenvalue weighted by molar-refractivity contribution is 6.30. The number of halogens is 1. The van der Waals surface area contributed by atoms with Gasteiger partial charge in [0.1, 0.15) is 5.54 Å². The first-order chi connectivity index (χ1) is 10.9. The fourth-order valence-corrected chi connectivity index (χ4v) is 5.56. The summed E-state index contributed by atoms with van der Waals surface area (Å²) in [6.07, 6.45) is 3.13. The summed E-state index contributed by atoms with van der Waals surface area (Å²) in [4.78, 5) is 12.6. The van der Waals surface area contributed by atoms with Crippen molar-refractivity contribution in [1.82, 2.24) is 10.4 Å². The number of hydrazine groups is 1. The number of rotatable bonds is 2. The first-order valence-corrected chi connectivity index (χ1v) is 8.50.